The number of fused-ring (bicyclic) bond motifs is 3. The molecule has 6 nitrogen and oxygen atoms in total. The Balaban J connectivity index is 1.78. The number of benzene rings is 2. The summed E-state index contributed by atoms with van der Waals surface area (Å²) in [4.78, 5) is 11.6. The lowest BCUT2D eigenvalue weighted by molar-refractivity contribution is 0.0596. The standard InChI is InChI=1S/C18H15F2NO5S/c1-25-18(22)16-14(4-3-11-12-6-9(12)8-26-17(11)16)21-27(23,24)15-5-2-10(19)7-13(15)20/h2-5,7,9,12,21H,6,8H2,1H3. The van der Waals surface area contributed by atoms with E-state index in [1.165, 1.54) is 13.2 Å². The Morgan fingerprint density at radius 3 is 2.74 bits per heavy atom. The van der Waals surface area contributed by atoms with Gasteiger partial charge in [0.05, 0.1) is 19.4 Å². The first-order valence-electron chi connectivity index (χ1n) is 8.17. The maximum atomic E-state index is 13.9. The summed E-state index contributed by atoms with van der Waals surface area (Å²) in [5.41, 5.74) is 0.664. The topological polar surface area (TPSA) is 81.7 Å². The van der Waals surface area contributed by atoms with Crippen LogP contribution in [0.15, 0.2) is 35.2 Å². The summed E-state index contributed by atoms with van der Waals surface area (Å²) in [7, 11) is -3.24. The highest BCUT2D eigenvalue weighted by Gasteiger charge is 2.45. The Morgan fingerprint density at radius 1 is 1.26 bits per heavy atom. The van der Waals surface area contributed by atoms with E-state index in [0.717, 1.165) is 24.1 Å². The zero-order valence-electron chi connectivity index (χ0n) is 14.2. The molecule has 0 spiro atoms. The van der Waals surface area contributed by atoms with E-state index in [4.69, 9.17) is 9.47 Å². The monoisotopic (exact) mass is 395 g/mol. The largest absolute Gasteiger partial charge is 0.492 e. The summed E-state index contributed by atoms with van der Waals surface area (Å²) in [6.45, 7) is 0.435. The summed E-state index contributed by atoms with van der Waals surface area (Å²) in [6, 6.07) is 5.23. The van der Waals surface area contributed by atoms with Gasteiger partial charge < -0.3 is 9.47 Å². The van der Waals surface area contributed by atoms with Gasteiger partial charge in [0.25, 0.3) is 10.0 Å². The highest BCUT2D eigenvalue weighted by Crippen LogP contribution is 2.55. The second-order valence-electron chi connectivity index (χ2n) is 6.49. The number of esters is 1. The minimum Gasteiger partial charge on any atom is -0.492 e. The van der Waals surface area contributed by atoms with Crippen molar-refractivity contribution in [3.8, 4) is 5.75 Å². The van der Waals surface area contributed by atoms with Crippen molar-refractivity contribution in [2.45, 2.75) is 17.2 Å². The van der Waals surface area contributed by atoms with Crippen LogP contribution in [0.25, 0.3) is 0 Å². The van der Waals surface area contributed by atoms with Crippen molar-refractivity contribution in [2.75, 3.05) is 18.4 Å². The van der Waals surface area contributed by atoms with Gasteiger partial charge in [0.1, 0.15) is 27.8 Å². The van der Waals surface area contributed by atoms with Gasteiger partial charge in [-0.1, -0.05) is 6.07 Å². The average molecular weight is 395 g/mol. The minimum absolute atomic E-state index is 0.0635. The minimum atomic E-state index is -4.41. The van der Waals surface area contributed by atoms with Gasteiger partial charge in [0.2, 0.25) is 0 Å². The molecule has 1 heterocycles. The molecule has 9 heteroatoms. The molecule has 1 aliphatic heterocycles. The number of carbonyl (C=O) groups excluding carboxylic acids is 1. The van der Waals surface area contributed by atoms with Gasteiger partial charge in [-0.2, -0.15) is 0 Å². The number of rotatable bonds is 4. The molecule has 2 unspecified atom stereocenters. The van der Waals surface area contributed by atoms with Crippen LogP contribution in [-0.2, 0) is 14.8 Å². The lowest BCUT2D eigenvalue weighted by Gasteiger charge is -2.22. The highest BCUT2D eigenvalue weighted by molar-refractivity contribution is 7.92. The molecule has 4 rings (SSSR count). The molecule has 1 N–H and O–H groups in total. The first-order chi connectivity index (χ1) is 12.8. The summed E-state index contributed by atoms with van der Waals surface area (Å²) >= 11 is 0. The smallest absolute Gasteiger partial charge is 0.343 e. The van der Waals surface area contributed by atoms with Crippen LogP contribution < -0.4 is 9.46 Å². The van der Waals surface area contributed by atoms with E-state index >= 15 is 0 Å². The van der Waals surface area contributed by atoms with Crippen molar-refractivity contribution in [1.29, 1.82) is 0 Å². The Bertz CT molecular complexity index is 1050. The number of anilines is 1. The molecule has 0 radical (unpaired) electrons. The third kappa shape index (κ3) is 3.01. The Labute approximate surface area is 154 Å². The van der Waals surface area contributed by atoms with E-state index in [9.17, 15) is 22.0 Å². The summed E-state index contributed by atoms with van der Waals surface area (Å²) in [6.07, 6.45) is 0.944. The number of nitrogens with one attached hydrogen (secondary N) is 1. The molecule has 2 atom stereocenters. The zero-order valence-corrected chi connectivity index (χ0v) is 15.0. The molecule has 0 amide bonds. The first-order valence-corrected chi connectivity index (χ1v) is 9.66. The summed E-state index contributed by atoms with van der Waals surface area (Å²) < 4.78 is 64.8. The molecule has 27 heavy (non-hydrogen) atoms. The first kappa shape index (κ1) is 17.7. The van der Waals surface area contributed by atoms with Crippen molar-refractivity contribution in [1.82, 2.24) is 0 Å². The van der Waals surface area contributed by atoms with Crippen molar-refractivity contribution in [3.63, 3.8) is 0 Å². The number of methoxy groups -OCH3 is 1. The SMILES string of the molecule is COC(=O)c1c(NS(=O)(=O)c2ccc(F)cc2F)ccc2c1OCC1CC21. The van der Waals surface area contributed by atoms with Gasteiger partial charge in [-0.15, -0.1) is 0 Å². The van der Waals surface area contributed by atoms with Gasteiger partial charge in [-0.05, 0) is 36.1 Å². The third-order valence-corrected chi connectivity index (χ3v) is 6.17. The van der Waals surface area contributed by atoms with Crippen molar-refractivity contribution in [2.24, 2.45) is 5.92 Å². The number of sulfonamides is 1. The predicted octanol–water partition coefficient (Wildman–Crippen LogP) is 3.05. The molecule has 2 aliphatic rings. The quantitative estimate of drug-likeness (QED) is 0.805. The van der Waals surface area contributed by atoms with Gasteiger partial charge in [0, 0.05) is 12.0 Å². The fraction of sp³-hybridized carbons (Fsp3) is 0.278. The number of carbonyl (C=O) groups is 1. The van der Waals surface area contributed by atoms with Gasteiger partial charge in [-0.3, -0.25) is 4.72 Å². The maximum Gasteiger partial charge on any atom is 0.343 e. The van der Waals surface area contributed by atoms with E-state index in [1.54, 1.807) is 6.07 Å². The zero-order chi connectivity index (χ0) is 19.3. The number of hydrogen-bond acceptors (Lipinski definition) is 5. The molecule has 142 valence electrons. The Hall–Kier alpha value is -2.68. The lowest BCUT2D eigenvalue weighted by Crippen LogP contribution is -2.20. The molecule has 0 bridgehead atoms. The second kappa shape index (κ2) is 6.19. The van der Waals surface area contributed by atoms with Crippen LogP contribution in [0.3, 0.4) is 0 Å². The van der Waals surface area contributed by atoms with E-state index in [2.05, 4.69) is 4.72 Å². The Kier molecular flexibility index (Phi) is 4.06. The third-order valence-electron chi connectivity index (χ3n) is 4.77. The van der Waals surface area contributed by atoms with Crippen molar-refractivity contribution in [3.05, 3.63) is 53.1 Å². The van der Waals surface area contributed by atoms with Crippen LogP contribution in [-0.4, -0.2) is 28.1 Å². The fourth-order valence-electron chi connectivity index (χ4n) is 3.33. The molecule has 2 aromatic carbocycles. The van der Waals surface area contributed by atoms with Crippen LogP contribution in [0.4, 0.5) is 14.5 Å². The normalized spacial score (nSPS) is 20.1. The van der Waals surface area contributed by atoms with Gasteiger partial charge in [0.15, 0.2) is 0 Å². The van der Waals surface area contributed by atoms with Crippen LogP contribution in [0.1, 0.15) is 28.3 Å². The van der Waals surface area contributed by atoms with E-state index < -0.39 is 32.5 Å². The van der Waals surface area contributed by atoms with E-state index in [-0.39, 0.29) is 22.9 Å². The van der Waals surface area contributed by atoms with Crippen LogP contribution in [0.5, 0.6) is 5.75 Å². The number of hydrogen-bond donors (Lipinski definition) is 1. The van der Waals surface area contributed by atoms with Crippen LogP contribution in [0.2, 0.25) is 0 Å². The van der Waals surface area contributed by atoms with Crippen LogP contribution in [0, 0.1) is 17.6 Å². The number of ether oxygens (including phenoxy) is 2. The molecule has 1 saturated carbocycles. The van der Waals surface area contributed by atoms with E-state index in [1.807, 2.05) is 0 Å². The molecule has 1 aliphatic carbocycles. The molecule has 1 fully saturated rings. The van der Waals surface area contributed by atoms with Crippen LogP contribution >= 0.6 is 0 Å². The molecular weight excluding hydrogens is 380 g/mol. The van der Waals surface area contributed by atoms with Gasteiger partial charge >= 0.3 is 5.97 Å². The Morgan fingerprint density at radius 2 is 2.04 bits per heavy atom. The average Bonchev–Trinajstić information content (AvgIpc) is 3.40. The molecule has 2 aromatic rings. The molecule has 0 aromatic heterocycles. The maximum absolute atomic E-state index is 13.9. The fourth-order valence-corrected chi connectivity index (χ4v) is 4.46. The van der Waals surface area contributed by atoms with Crippen molar-refractivity contribution >= 4 is 21.7 Å². The molecular formula is C18H15F2NO5S. The van der Waals surface area contributed by atoms with Crippen molar-refractivity contribution < 1.29 is 31.5 Å². The van der Waals surface area contributed by atoms with Gasteiger partial charge in [-0.25, -0.2) is 22.0 Å². The highest BCUT2D eigenvalue weighted by atomic mass is 32.2. The second-order valence-corrected chi connectivity index (χ2v) is 8.14. The number of halogens is 2. The summed E-state index contributed by atoms with van der Waals surface area (Å²) in [5, 5.41) is 0. The molecule has 0 saturated heterocycles. The lowest BCUT2D eigenvalue weighted by atomic mass is 10.0. The summed E-state index contributed by atoms with van der Waals surface area (Å²) in [5.74, 6) is -1.96. The predicted molar refractivity (Wildman–Crippen MR) is 91.3 cm³/mol. The van der Waals surface area contributed by atoms with E-state index in [0.29, 0.717) is 18.6 Å².